The molecule has 100 valence electrons. The monoisotopic (exact) mass is 321 g/mol. The predicted molar refractivity (Wildman–Crippen MR) is 63.6 cm³/mol. The minimum absolute atomic E-state index is 0.0167. The summed E-state index contributed by atoms with van der Waals surface area (Å²) in [6.45, 7) is -0.465. The van der Waals surface area contributed by atoms with Crippen LogP contribution < -0.4 is 11.4 Å². The molecule has 8 nitrogen and oxygen atoms in total. The molecule has 0 bridgehead atoms. The van der Waals surface area contributed by atoms with Gasteiger partial charge in [-0.15, -0.1) is 0 Å². The molecule has 3 unspecified atom stereocenters. The molecule has 1 aromatic rings. The van der Waals surface area contributed by atoms with Crippen LogP contribution in [0, 0.1) is 0 Å². The Morgan fingerprint density at radius 2 is 2.17 bits per heavy atom. The van der Waals surface area contributed by atoms with Gasteiger partial charge in [0.25, 0.3) is 0 Å². The lowest BCUT2D eigenvalue weighted by molar-refractivity contribution is -0.0550. The second kappa shape index (κ2) is 4.94. The molecule has 1 saturated heterocycles. The van der Waals surface area contributed by atoms with Crippen LogP contribution >= 0.6 is 15.9 Å². The van der Waals surface area contributed by atoms with Crippen LogP contribution in [0.4, 0.5) is 5.82 Å². The van der Waals surface area contributed by atoms with Crippen molar-refractivity contribution in [1.29, 1.82) is 0 Å². The number of aliphatic hydroxyl groups is 3. The molecule has 0 aromatic carbocycles. The lowest BCUT2D eigenvalue weighted by Crippen LogP contribution is -2.36. The third-order valence-electron chi connectivity index (χ3n) is 2.73. The van der Waals surface area contributed by atoms with E-state index in [-0.39, 0.29) is 5.82 Å². The van der Waals surface area contributed by atoms with Crippen molar-refractivity contribution in [1.82, 2.24) is 9.55 Å². The Kier molecular flexibility index (Phi) is 3.69. The minimum atomic E-state index is -1.34. The number of hydrogen-bond acceptors (Lipinski definition) is 7. The summed E-state index contributed by atoms with van der Waals surface area (Å²) in [5.41, 5.74) is 4.72. The van der Waals surface area contributed by atoms with E-state index in [2.05, 4.69) is 20.9 Å². The van der Waals surface area contributed by atoms with Gasteiger partial charge in [0.1, 0.15) is 24.1 Å². The Hall–Kier alpha value is -1.00. The first-order valence-electron chi connectivity index (χ1n) is 5.12. The first kappa shape index (κ1) is 13.4. The molecule has 0 aliphatic carbocycles. The van der Waals surface area contributed by atoms with E-state index in [0.717, 1.165) is 4.57 Å². The summed E-state index contributed by atoms with van der Waals surface area (Å²) in [6, 6.07) is 0. The number of hydrogen-bond donors (Lipinski definition) is 4. The molecule has 5 N–H and O–H groups in total. The smallest absolute Gasteiger partial charge is 0.351 e. The number of nitrogens with two attached hydrogens (primary N) is 1. The fourth-order valence-electron chi connectivity index (χ4n) is 1.75. The van der Waals surface area contributed by atoms with Gasteiger partial charge in [0.2, 0.25) is 0 Å². The molecule has 0 saturated carbocycles. The SMILES string of the molecule is Nc1nc(=O)n(C2OC(CO)C(O)[C@@H]2O)cc1Br. The zero-order valence-electron chi connectivity index (χ0n) is 9.10. The van der Waals surface area contributed by atoms with Gasteiger partial charge in [-0.2, -0.15) is 4.98 Å². The van der Waals surface area contributed by atoms with E-state index in [1.54, 1.807) is 0 Å². The van der Waals surface area contributed by atoms with Gasteiger partial charge in [0, 0.05) is 6.20 Å². The number of aromatic nitrogens is 2. The fourth-order valence-corrected chi connectivity index (χ4v) is 2.06. The molecule has 1 fully saturated rings. The van der Waals surface area contributed by atoms with E-state index >= 15 is 0 Å². The Balaban J connectivity index is 2.39. The molecule has 2 rings (SSSR count). The van der Waals surface area contributed by atoms with Gasteiger partial charge in [-0.25, -0.2) is 4.79 Å². The summed E-state index contributed by atoms with van der Waals surface area (Å²) in [4.78, 5) is 15.2. The lowest BCUT2D eigenvalue weighted by Gasteiger charge is -2.17. The van der Waals surface area contributed by atoms with Crippen molar-refractivity contribution in [2.75, 3.05) is 12.3 Å². The van der Waals surface area contributed by atoms with Crippen LogP contribution in [0.2, 0.25) is 0 Å². The van der Waals surface area contributed by atoms with Crippen LogP contribution in [0.15, 0.2) is 15.5 Å². The molecular formula is C9H12BrN3O5. The maximum Gasteiger partial charge on any atom is 0.351 e. The Labute approximate surface area is 110 Å². The maximum absolute atomic E-state index is 11.6. The summed E-state index contributed by atoms with van der Waals surface area (Å²) in [5.74, 6) is 0.0167. The van der Waals surface area contributed by atoms with E-state index in [1.165, 1.54) is 6.20 Å². The summed E-state index contributed by atoms with van der Waals surface area (Å²) < 4.78 is 6.57. The third-order valence-corrected chi connectivity index (χ3v) is 3.34. The van der Waals surface area contributed by atoms with Crippen molar-refractivity contribution in [3.8, 4) is 0 Å². The van der Waals surface area contributed by atoms with Crippen molar-refractivity contribution in [2.45, 2.75) is 24.5 Å². The number of rotatable bonds is 2. The molecule has 4 atom stereocenters. The highest BCUT2D eigenvalue weighted by atomic mass is 79.9. The third kappa shape index (κ3) is 2.15. The van der Waals surface area contributed by atoms with Gasteiger partial charge in [-0.1, -0.05) is 0 Å². The van der Waals surface area contributed by atoms with Crippen LogP contribution in [0.3, 0.4) is 0 Å². The average Bonchev–Trinajstić information content (AvgIpc) is 2.61. The number of halogens is 1. The molecular weight excluding hydrogens is 310 g/mol. The molecule has 1 aliphatic heterocycles. The van der Waals surface area contributed by atoms with Crippen molar-refractivity contribution in [2.24, 2.45) is 0 Å². The summed E-state index contributed by atoms with van der Waals surface area (Å²) in [7, 11) is 0. The van der Waals surface area contributed by atoms with Crippen LogP contribution in [0.1, 0.15) is 6.23 Å². The predicted octanol–water partition coefficient (Wildman–Crippen LogP) is -1.80. The quantitative estimate of drug-likeness (QED) is 0.505. The normalized spacial score (nSPS) is 31.8. The molecule has 1 aliphatic rings. The van der Waals surface area contributed by atoms with Gasteiger partial charge >= 0.3 is 5.69 Å². The van der Waals surface area contributed by atoms with Gasteiger partial charge in [0.05, 0.1) is 11.1 Å². The highest BCUT2D eigenvalue weighted by Gasteiger charge is 2.43. The second-order valence-electron chi connectivity index (χ2n) is 3.89. The van der Waals surface area contributed by atoms with Gasteiger partial charge in [-0.05, 0) is 15.9 Å². The molecule has 18 heavy (non-hydrogen) atoms. The standard InChI is InChI=1S/C9H12BrN3O5/c10-3-1-13(9(17)12-7(3)11)8-6(16)5(15)4(2-14)18-8/h1,4-6,8,14-16H,2H2,(H2,11,12,17)/t4?,5?,6-,8?/m0/s1. The van der Waals surface area contributed by atoms with Gasteiger partial charge < -0.3 is 25.8 Å². The molecule has 9 heteroatoms. The highest BCUT2D eigenvalue weighted by Crippen LogP contribution is 2.29. The average molecular weight is 322 g/mol. The van der Waals surface area contributed by atoms with E-state index in [0.29, 0.717) is 4.47 Å². The largest absolute Gasteiger partial charge is 0.394 e. The van der Waals surface area contributed by atoms with Crippen LogP contribution in [-0.4, -0.2) is 49.8 Å². The highest BCUT2D eigenvalue weighted by molar-refractivity contribution is 9.10. The number of aliphatic hydroxyl groups excluding tert-OH is 3. The molecule has 0 amide bonds. The van der Waals surface area contributed by atoms with Crippen molar-refractivity contribution in [3.63, 3.8) is 0 Å². The van der Waals surface area contributed by atoms with Crippen LogP contribution in [-0.2, 0) is 4.74 Å². The van der Waals surface area contributed by atoms with Crippen molar-refractivity contribution < 1.29 is 20.1 Å². The maximum atomic E-state index is 11.6. The minimum Gasteiger partial charge on any atom is -0.394 e. The number of anilines is 1. The Morgan fingerprint density at radius 3 is 2.72 bits per heavy atom. The zero-order valence-corrected chi connectivity index (χ0v) is 10.7. The number of nitrogens with zero attached hydrogens (tertiary/aromatic N) is 2. The van der Waals surface area contributed by atoms with E-state index < -0.39 is 36.8 Å². The van der Waals surface area contributed by atoms with Crippen molar-refractivity contribution >= 4 is 21.7 Å². The van der Waals surface area contributed by atoms with Gasteiger partial charge in [0.15, 0.2) is 6.23 Å². The van der Waals surface area contributed by atoms with E-state index in [9.17, 15) is 15.0 Å². The fraction of sp³-hybridized carbons (Fsp3) is 0.556. The number of nitrogen functional groups attached to an aromatic ring is 1. The molecule has 1 aromatic heterocycles. The van der Waals surface area contributed by atoms with E-state index in [1.807, 2.05) is 0 Å². The molecule has 0 spiro atoms. The van der Waals surface area contributed by atoms with Crippen LogP contribution in [0.25, 0.3) is 0 Å². The summed E-state index contributed by atoms with van der Waals surface area (Å²) >= 11 is 3.10. The van der Waals surface area contributed by atoms with E-state index in [4.69, 9.17) is 15.6 Å². The second-order valence-corrected chi connectivity index (χ2v) is 4.75. The topological polar surface area (TPSA) is 131 Å². The van der Waals surface area contributed by atoms with Crippen molar-refractivity contribution in [3.05, 3.63) is 21.2 Å². The first-order valence-corrected chi connectivity index (χ1v) is 5.91. The molecule has 0 radical (unpaired) electrons. The van der Waals surface area contributed by atoms with Gasteiger partial charge in [-0.3, -0.25) is 4.57 Å². The molecule has 2 heterocycles. The summed E-state index contributed by atoms with van der Waals surface area (Å²) in [5, 5.41) is 28.3. The lowest BCUT2D eigenvalue weighted by atomic mass is 10.1. The number of ether oxygens (including phenoxy) is 1. The Bertz CT molecular complexity index is 507. The zero-order chi connectivity index (χ0) is 13.4. The first-order chi connectivity index (χ1) is 8.45. The summed E-state index contributed by atoms with van der Waals surface area (Å²) in [6.07, 6.45) is -3.37. The Morgan fingerprint density at radius 1 is 1.50 bits per heavy atom. The van der Waals surface area contributed by atoms with Crippen LogP contribution in [0.5, 0.6) is 0 Å².